The first-order chi connectivity index (χ1) is 7.66. The van der Waals surface area contributed by atoms with Crippen LogP contribution in [-0.4, -0.2) is 40.1 Å². The van der Waals surface area contributed by atoms with Crippen LogP contribution < -0.4 is 5.32 Å². The van der Waals surface area contributed by atoms with Gasteiger partial charge in [0.15, 0.2) is 0 Å². The summed E-state index contributed by atoms with van der Waals surface area (Å²) in [5, 5.41) is 3.46. The van der Waals surface area contributed by atoms with Crippen molar-refractivity contribution < 1.29 is 0 Å². The van der Waals surface area contributed by atoms with Crippen LogP contribution >= 0.6 is 0 Å². The molecule has 4 heteroatoms. The molecule has 90 valence electrons. The Morgan fingerprint density at radius 2 is 2.38 bits per heavy atom. The normalized spacial score (nSPS) is 22.9. The van der Waals surface area contributed by atoms with Crippen LogP contribution in [0.4, 0.5) is 0 Å². The van der Waals surface area contributed by atoms with Crippen LogP contribution in [0.5, 0.6) is 0 Å². The van der Waals surface area contributed by atoms with Crippen LogP contribution in [0.3, 0.4) is 0 Å². The lowest BCUT2D eigenvalue weighted by Crippen LogP contribution is -2.48. The molecule has 0 aliphatic carbocycles. The maximum absolute atomic E-state index is 4.25. The summed E-state index contributed by atoms with van der Waals surface area (Å²) in [6, 6.07) is 1.10. The highest BCUT2D eigenvalue weighted by molar-refractivity contribution is 5.00. The van der Waals surface area contributed by atoms with Crippen molar-refractivity contribution in [1.29, 1.82) is 0 Å². The standard InChI is InChI=1S/C12H22N4/c1-10(2)16-9-13-6-12(16)8-15-5-4-14-11(3)7-15/h6,9-11,14H,4-5,7-8H2,1-3H3. The van der Waals surface area contributed by atoms with E-state index in [4.69, 9.17) is 0 Å². The number of nitrogens with zero attached hydrogens (tertiary/aromatic N) is 3. The van der Waals surface area contributed by atoms with E-state index in [0.717, 1.165) is 26.2 Å². The second kappa shape index (κ2) is 4.97. The lowest BCUT2D eigenvalue weighted by molar-refractivity contribution is 0.194. The minimum atomic E-state index is 0.498. The Labute approximate surface area is 97.7 Å². The topological polar surface area (TPSA) is 33.1 Å². The fourth-order valence-corrected chi connectivity index (χ4v) is 2.30. The zero-order valence-corrected chi connectivity index (χ0v) is 10.5. The van der Waals surface area contributed by atoms with E-state index in [1.807, 2.05) is 12.5 Å². The number of nitrogens with one attached hydrogen (secondary N) is 1. The molecule has 2 heterocycles. The first kappa shape index (κ1) is 11.6. The van der Waals surface area contributed by atoms with E-state index in [2.05, 4.69) is 40.5 Å². The Morgan fingerprint density at radius 1 is 1.56 bits per heavy atom. The van der Waals surface area contributed by atoms with Crippen molar-refractivity contribution in [2.75, 3.05) is 19.6 Å². The Kier molecular flexibility index (Phi) is 3.61. The van der Waals surface area contributed by atoms with Crippen LogP contribution in [0.1, 0.15) is 32.5 Å². The lowest BCUT2D eigenvalue weighted by atomic mass is 10.2. The quantitative estimate of drug-likeness (QED) is 0.836. The molecule has 1 N–H and O–H groups in total. The highest BCUT2D eigenvalue weighted by atomic mass is 15.2. The van der Waals surface area contributed by atoms with Crippen molar-refractivity contribution in [3.8, 4) is 0 Å². The van der Waals surface area contributed by atoms with Gasteiger partial charge in [0.2, 0.25) is 0 Å². The van der Waals surface area contributed by atoms with Gasteiger partial charge < -0.3 is 9.88 Å². The Balaban J connectivity index is 2.00. The SMILES string of the molecule is CC1CN(Cc2cncn2C(C)C)CCN1. The highest BCUT2D eigenvalue weighted by Gasteiger charge is 2.17. The van der Waals surface area contributed by atoms with E-state index in [9.17, 15) is 0 Å². The molecule has 1 aromatic heterocycles. The third-order valence-corrected chi connectivity index (χ3v) is 3.14. The third kappa shape index (κ3) is 2.62. The van der Waals surface area contributed by atoms with Gasteiger partial charge in [-0.25, -0.2) is 4.98 Å². The summed E-state index contributed by atoms with van der Waals surface area (Å²) in [7, 11) is 0. The Hall–Kier alpha value is -0.870. The average molecular weight is 222 g/mol. The van der Waals surface area contributed by atoms with Gasteiger partial charge in [-0.3, -0.25) is 4.90 Å². The molecule has 16 heavy (non-hydrogen) atoms. The summed E-state index contributed by atoms with van der Waals surface area (Å²) in [6.07, 6.45) is 3.93. The fourth-order valence-electron chi connectivity index (χ4n) is 2.30. The zero-order chi connectivity index (χ0) is 11.5. The lowest BCUT2D eigenvalue weighted by Gasteiger charge is -2.32. The third-order valence-electron chi connectivity index (χ3n) is 3.14. The van der Waals surface area contributed by atoms with Gasteiger partial charge in [-0.15, -0.1) is 0 Å². The van der Waals surface area contributed by atoms with Crippen molar-refractivity contribution in [2.45, 2.75) is 39.4 Å². The molecule has 2 rings (SSSR count). The van der Waals surface area contributed by atoms with E-state index in [0.29, 0.717) is 12.1 Å². The van der Waals surface area contributed by atoms with Crippen molar-refractivity contribution >= 4 is 0 Å². The summed E-state index contributed by atoms with van der Waals surface area (Å²) in [4.78, 5) is 6.75. The van der Waals surface area contributed by atoms with Gasteiger partial charge in [-0.05, 0) is 20.8 Å². The van der Waals surface area contributed by atoms with Gasteiger partial charge >= 0.3 is 0 Å². The first-order valence-corrected chi connectivity index (χ1v) is 6.13. The summed E-state index contributed by atoms with van der Waals surface area (Å²) < 4.78 is 2.26. The molecule has 0 radical (unpaired) electrons. The number of hydrogen-bond donors (Lipinski definition) is 1. The van der Waals surface area contributed by atoms with Crippen LogP contribution in [0.15, 0.2) is 12.5 Å². The minimum Gasteiger partial charge on any atom is -0.331 e. The van der Waals surface area contributed by atoms with Crippen LogP contribution in [0.2, 0.25) is 0 Å². The van der Waals surface area contributed by atoms with Crippen molar-refractivity contribution in [3.05, 3.63) is 18.2 Å². The molecule has 1 fully saturated rings. The van der Waals surface area contributed by atoms with Gasteiger partial charge in [-0.1, -0.05) is 0 Å². The van der Waals surface area contributed by atoms with E-state index in [1.54, 1.807) is 0 Å². The van der Waals surface area contributed by atoms with E-state index in [-0.39, 0.29) is 0 Å². The maximum atomic E-state index is 4.25. The highest BCUT2D eigenvalue weighted by Crippen LogP contribution is 2.12. The molecule has 1 saturated heterocycles. The van der Waals surface area contributed by atoms with E-state index < -0.39 is 0 Å². The molecular formula is C12H22N4. The average Bonchev–Trinajstić information content (AvgIpc) is 2.66. The molecule has 0 spiro atoms. The van der Waals surface area contributed by atoms with Gasteiger partial charge in [-0.2, -0.15) is 0 Å². The summed E-state index contributed by atoms with van der Waals surface area (Å²) in [5.41, 5.74) is 1.32. The summed E-state index contributed by atoms with van der Waals surface area (Å²) in [5.74, 6) is 0. The molecule has 1 unspecified atom stereocenters. The monoisotopic (exact) mass is 222 g/mol. The smallest absolute Gasteiger partial charge is 0.0951 e. The Bertz CT molecular complexity index is 332. The molecule has 1 aromatic rings. The number of rotatable bonds is 3. The van der Waals surface area contributed by atoms with Gasteiger partial charge in [0.1, 0.15) is 0 Å². The van der Waals surface area contributed by atoms with Crippen LogP contribution in [0, 0.1) is 0 Å². The summed E-state index contributed by atoms with van der Waals surface area (Å²) >= 11 is 0. The zero-order valence-electron chi connectivity index (χ0n) is 10.5. The summed E-state index contributed by atoms with van der Waals surface area (Å²) in [6.45, 7) is 11.0. The number of hydrogen-bond acceptors (Lipinski definition) is 3. The molecule has 0 aromatic carbocycles. The number of imidazole rings is 1. The predicted octanol–water partition coefficient (Wildman–Crippen LogP) is 1.26. The van der Waals surface area contributed by atoms with E-state index in [1.165, 1.54) is 5.69 Å². The molecule has 0 saturated carbocycles. The van der Waals surface area contributed by atoms with Crippen molar-refractivity contribution in [3.63, 3.8) is 0 Å². The largest absolute Gasteiger partial charge is 0.331 e. The Morgan fingerprint density at radius 3 is 3.06 bits per heavy atom. The molecule has 0 bridgehead atoms. The minimum absolute atomic E-state index is 0.498. The number of piperazine rings is 1. The molecule has 1 aliphatic rings. The van der Waals surface area contributed by atoms with Gasteiger partial charge in [0.25, 0.3) is 0 Å². The van der Waals surface area contributed by atoms with E-state index >= 15 is 0 Å². The van der Waals surface area contributed by atoms with Crippen molar-refractivity contribution in [2.24, 2.45) is 0 Å². The second-order valence-electron chi connectivity index (χ2n) is 4.98. The van der Waals surface area contributed by atoms with Crippen molar-refractivity contribution in [1.82, 2.24) is 19.8 Å². The maximum Gasteiger partial charge on any atom is 0.0951 e. The fraction of sp³-hybridized carbons (Fsp3) is 0.750. The van der Waals surface area contributed by atoms with Gasteiger partial charge in [0.05, 0.1) is 12.0 Å². The molecular weight excluding hydrogens is 200 g/mol. The van der Waals surface area contributed by atoms with Gasteiger partial charge in [0, 0.05) is 44.5 Å². The first-order valence-electron chi connectivity index (χ1n) is 6.13. The van der Waals surface area contributed by atoms with Crippen LogP contribution in [0.25, 0.3) is 0 Å². The molecule has 1 atom stereocenters. The van der Waals surface area contributed by atoms with Crippen LogP contribution in [-0.2, 0) is 6.54 Å². The number of aromatic nitrogens is 2. The molecule has 4 nitrogen and oxygen atoms in total. The predicted molar refractivity (Wildman–Crippen MR) is 65.4 cm³/mol. The molecule has 1 aliphatic heterocycles. The molecule has 0 amide bonds. The second-order valence-corrected chi connectivity index (χ2v) is 4.98.